The maximum atomic E-state index is 6.22. The molecular weight excluding hydrogens is 278 g/mol. The van der Waals surface area contributed by atoms with Gasteiger partial charge in [0.2, 0.25) is 0 Å². The summed E-state index contributed by atoms with van der Waals surface area (Å²) in [6, 6.07) is 10.9. The number of benzene rings is 1. The summed E-state index contributed by atoms with van der Waals surface area (Å²) in [5, 5.41) is 1.22. The van der Waals surface area contributed by atoms with Gasteiger partial charge in [0.1, 0.15) is 5.01 Å². The minimum absolute atomic E-state index is 0.427. The summed E-state index contributed by atoms with van der Waals surface area (Å²) in [4.78, 5) is 8.42. The van der Waals surface area contributed by atoms with E-state index >= 15 is 0 Å². The smallest absolute Gasteiger partial charge is 0.107 e. The molecular formula is C17H21N3S. The lowest BCUT2D eigenvalue weighted by Crippen LogP contribution is -2.30. The first-order chi connectivity index (χ1) is 10.3. The lowest BCUT2D eigenvalue weighted by atomic mass is 9.98. The van der Waals surface area contributed by atoms with E-state index in [1.54, 1.807) is 0 Å². The number of nitrogens with zero attached hydrogens (tertiary/aromatic N) is 2. The van der Waals surface area contributed by atoms with Crippen LogP contribution in [0.3, 0.4) is 0 Å². The maximum Gasteiger partial charge on any atom is 0.107 e. The van der Waals surface area contributed by atoms with Crippen LogP contribution in [0.2, 0.25) is 0 Å². The fourth-order valence-corrected chi connectivity index (χ4v) is 4.81. The molecule has 0 spiro atoms. The molecule has 2 N–H and O–H groups in total. The third kappa shape index (κ3) is 2.63. The van der Waals surface area contributed by atoms with Crippen molar-refractivity contribution in [2.45, 2.75) is 25.4 Å². The van der Waals surface area contributed by atoms with E-state index in [1.165, 1.54) is 34.8 Å². The van der Waals surface area contributed by atoms with Crippen molar-refractivity contribution in [2.24, 2.45) is 17.6 Å². The number of rotatable bonds is 3. The van der Waals surface area contributed by atoms with Gasteiger partial charge < -0.3 is 5.73 Å². The molecule has 4 rings (SSSR count). The number of hydrogen-bond acceptors (Lipinski definition) is 4. The maximum absolute atomic E-state index is 6.22. The molecule has 2 aliphatic rings. The van der Waals surface area contributed by atoms with Gasteiger partial charge in [-0.15, -0.1) is 11.3 Å². The van der Waals surface area contributed by atoms with Gasteiger partial charge in [0, 0.05) is 25.3 Å². The van der Waals surface area contributed by atoms with Gasteiger partial charge in [0.05, 0.1) is 11.4 Å². The summed E-state index contributed by atoms with van der Waals surface area (Å²) in [5.74, 6) is 1.55. The highest BCUT2D eigenvalue weighted by Crippen LogP contribution is 2.38. The highest BCUT2D eigenvalue weighted by Gasteiger charge is 2.40. The predicted octanol–water partition coefficient (Wildman–Crippen LogP) is 2.98. The van der Waals surface area contributed by atoms with Crippen LogP contribution in [0.4, 0.5) is 0 Å². The van der Waals surface area contributed by atoms with Gasteiger partial charge in [-0.1, -0.05) is 30.3 Å². The van der Waals surface area contributed by atoms with Crippen molar-refractivity contribution in [1.29, 1.82) is 0 Å². The van der Waals surface area contributed by atoms with Crippen molar-refractivity contribution < 1.29 is 0 Å². The predicted molar refractivity (Wildman–Crippen MR) is 87.0 cm³/mol. The normalized spacial score (nSPS) is 28.9. The Morgan fingerprint density at radius 3 is 2.86 bits per heavy atom. The first kappa shape index (κ1) is 13.4. The van der Waals surface area contributed by atoms with E-state index in [9.17, 15) is 0 Å². The van der Waals surface area contributed by atoms with Crippen LogP contribution in [0, 0.1) is 11.8 Å². The Kier molecular flexibility index (Phi) is 3.53. The molecule has 1 aliphatic carbocycles. The Balaban J connectivity index is 1.44. The third-order valence-corrected chi connectivity index (χ3v) is 5.99. The molecule has 0 amide bonds. The van der Waals surface area contributed by atoms with Crippen LogP contribution in [0.1, 0.15) is 17.8 Å². The van der Waals surface area contributed by atoms with Gasteiger partial charge in [-0.3, -0.25) is 4.90 Å². The quantitative estimate of drug-likeness (QED) is 0.947. The Morgan fingerprint density at radius 2 is 2.05 bits per heavy atom. The van der Waals surface area contributed by atoms with Crippen LogP contribution in [0.15, 0.2) is 36.5 Å². The molecule has 2 aromatic rings. The van der Waals surface area contributed by atoms with E-state index in [1.807, 2.05) is 17.5 Å². The highest BCUT2D eigenvalue weighted by molar-refractivity contribution is 7.15. The summed E-state index contributed by atoms with van der Waals surface area (Å²) >= 11 is 1.82. The van der Waals surface area contributed by atoms with Crippen LogP contribution < -0.4 is 5.73 Å². The second kappa shape index (κ2) is 5.52. The first-order valence-corrected chi connectivity index (χ1v) is 8.59. The van der Waals surface area contributed by atoms with E-state index in [4.69, 9.17) is 5.73 Å². The molecule has 2 heterocycles. The second-order valence-corrected chi connectivity index (χ2v) is 7.46. The minimum atomic E-state index is 0.427. The fraction of sp³-hybridized carbons (Fsp3) is 0.471. The van der Waals surface area contributed by atoms with Crippen LogP contribution in [-0.4, -0.2) is 29.0 Å². The van der Waals surface area contributed by atoms with Crippen LogP contribution >= 0.6 is 11.3 Å². The Bertz CT molecular complexity index is 610. The average Bonchev–Trinajstić information content (AvgIpc) is 3.19. The van der Waals surface area contributed by atoms with Gasteiger partial charge >= 0.3 is 0 Å². The number of fused-ring (bicyclic) bond motifs is 1. The van der Waals surface area contributed by atoms with E-state index in [0.717, 1.165) is 24.9 Å². The molecule has 1 saturated heterocycles. The summed E-state index contributed by atoms with van der Waals surface area (Å²) in [7, 11) is 0. The van der Waals surface area contributed by atoms with Gasteiger partial charge in [0.25, 0.3) is 0 Å². The molecule has 1 aliphatic heterocycles. The summed E-state index contributed by atoms with van der Waals surface area (Å²) in [6.07, 6.45) is 4.55. The number of likely N-dealkylation sites (tertiary alicyclic amines) is 1. The van der Waals surface area contributed by atoms with Crippen LogP contribution in [-0.2, 0) is 6.54 Å². The van der Waals surface area contributed by atoms with Gasteiger partial charge in [-0.2, -0.15) is 0 Å². The lowest BCUT2D eigenvalue weighted by molar-refractivity contribution is 0.298. The van der Waals surface area contributed by atoms with Crippen LogP contribution in [0.25, 0.3) is 10.4 Å². The SMILES string of the molecule is N[C@@H]1CC[C@@H]2CN(Cc3ncc(-c4ccccc4)s3)C[C@@H]21. The number of thiazole rings is 1. The zero-order chi connectivity index (χ0) is 14.2. The average molecular weight is 299 g/mol. The number of hydrogen-bond donors (Lipinski definition) is 1. The summed E-state index contributed by atoms with van der Waals surface area (Å²) in [5.41, 5.74) is 7.48. The van der Waals surface area contributed by atoms with Crippen molar-refractivity contribution in [2.75, 3.05) is 13.1 Å². The molecule has 0 radical (unpaired) electrons. The summed E-state index contributed by atoms with van der Waals surface area (Å²) < 4.78 is 0. The number of nitrogens with two attached hydrogens (primary N) is 1. The van der Waals surface area contributed by atoms with Gasteiger partial charge in [0.15, 0.2) is 0 Å². The monoisotopic (exact) mass is 299 g/mol. The molecule has 0 unspecified atom stereocenters. The van der Waals surface area contributed by atoms with Crippen molar-refractivity contribution >= 4 is 11.3 Å². The molecule has 110 valence electrons. The van der Waals surface area contributed by atoms with E-state index in [-0.39, 0.29) is 0 Å². The van der Waals surface area contributed by atoms with Crippen molar-refractivity contribution in [1.82, 2.24) is 9.88 Å². The Labute approximate surface area is 129 Å². The van der Waals surface area contributed by atoms with Crippen molar-refractivity contribution in [3.63, 3.8) is 0 Å². The molecule has 1 aromatic carbocycles. The first-order valence-electron chi connectivity index (χ1n) is 7.77. The molecule has 21 heavy (non-hydrogen) atoms. The zero-order valence-electron chi connectivity index (χ0n) is 12.1. The van der Waals surface area contributed by atoms with Gasteiger partial charge in [-0.25, -0.2) is 4.98 Å². The molecule has 4 heteroatoms. The fourth-order valence-electron chi connectivity index (χ4n) is 3.84. The largest absolute Gasteiger partial charge is 0.327 e. The molecule has 1 aromatic heterocycles. The van der Waals surface area contributed by atoms with Crippen LogP contribution in [0.5, 0.6) is 0 Å². The minimum Gasteiger partial charge on any atom is -0.327 e. The second-order valence-electron chi connectivity index (χ2n) is 6.34. The molecule has 0 bridgehead atoms. The van der Waals surface area contributed by atoms with E-state index in [2.05, 4.69) is 40.2 Å². The van der Waals surface area contributed by atoms with E-state index in [0.29, 0.717) is 6.04 Å². The molecule has 3 atom stereocenters. The Morgan fingerprint density at radius 1 is 1.19 bits per heavy atom. The molecule has 2 fully saturated rings. The van der Waals surface area contributed by atoms with E-state index < -0.39 is 0 Å². The molecule has 3 nitrogen and oxygen atoms in total. The molecule has 1 saturated carbocycles. The number of aromatic nitrogens is 1. The summed E-state index contributed by atoms with van der Waals surface area (Å²) in [6.45, 7) is 3.35. The van der Waals surface area contributed by atoms with Crippen molar-refractivity contribution in [3.8, 4) is 10.4 Å². The highest BCUT2D eigenvalue weighted by atomic mass is 32.1. The topological polar surface area (TPSA) is 42.1 Å². The zero-order valence-corrected chi connectivity index (χ0v) is 12.9. The lowest BCUT2D eigenvalue weighted by Gasteiger charge is -2.16. The van der Waals surface area contributed by atoms with Gasteiger partial charge in [-0.05, 0) is 30.2 Å². The Hall–Kier alpha value is -1.23. The third-order valence-electron chi connectivity index (χ3n) is 4.96. The standard InChI is InChI=1S/C17H21N3S/c18-15-7-6-13-9-20(10-14(13)15)11-17-19-8-16(21-17)12-4-2-1-3-5-12/h1-5,8,13-15H,6-7,9-11,18H2/t13-,14+,15-/m1/s1. The van der Waals surface area contributed by atoms with Crippen molar-refractivity contribution in [3.05, 3.63) is 41.5 Å².